The second kappa shape index (κ2) is 6.77. The quantitative estimate of drug-likeness (QED) is 0.683. The summed E-state index contributed by atoms with van der Waals surface area (Å²) >= 11 is 6.24. The van der Waals surface area contributed by atoms with Crippen molar-refractivity contribution < 1.29 is 23.5 Å². The fourth-order valence-corrected chi connectivity index (χ4v) is 6.55. The molecule has 0 radical (unpaired) electrons. The van der Waals surface area contributed by atoms with Crippen LogP contribution in [0, 0.1) is 24.6 Å². The van der Waals surface area contributed by atoms with Crippen molar-refractivity contribution in [2.24, 2.45) is 11.8 Å². The zero-order valence-corrected chi connectivity index (χ0v) is 18.8. The molecule has 6 rings (SSSR count). The lowest BCUT2D eigenvalue weighted by Crippen LogP contribution is -2.54. The molecule has 3 saturated heterocycles. The molecule has 0 aromatic heterocycles. The first-order chi connectivity index (χ1) is 15.8. The Morgan fingerprint density at radius 3 is 2.73 bits per heavy atom. The van der Waals surface area contributed by atoms with Crippen LogP contribution in [0.5, 0.6) is 5.75 Å². The van der Waals surface area contributed by atoms with Crippen molar-refractivity contribution in [1.82, 2.24) is 4.90 Å². The third kappa shape index (κ3) is 2.40. The Morgan fingerprint density at radius 1 is 1.18 bits per heavy atom. The molecule has 4 atom stereocenters. The van der Waals surface area contributed by atoms with Crippen molar-refractivity contribution in [3.8, 4) is 5.75 Å². The van der Waals surface area contributed by atoms with E-state index in [0.29, 0.717) is 46.2 Å². The number of anilines is 2. The Balaban J connectivity index is 1.56. The van der Waals surface area contributed by atoms with Crippen molar-refractivity contribution >= 4 is 40.7 Å². The lowest BCUT2D eigenvalue weighted by atomic mass is 9.75. The van der Waals surface area contributed by atoms with Crippen molar-refractivity contribution in [3.05, 3.63) is 52.3 Å². The van der Waals surface area contributed by atoms with Crippen LogP contribution in [0.3, 0.4) is 0 Å². The highest BCUT2D eigenvalue weighted by molar-refractivity contribution is 6.32. The molecule has 3 fully saturated rings. The average Bonchev–Trinajstić information content (AvgIpc) is 3.48. The van der Waals surface area contributed by atoms with Gasteiger partial charge in [-0.3, -0.25) is 19.3 Å². The number of rotatable bonds is 2. The zero-order valence-electron chi connectivity index (χ0n) is 18.0. The number of nitrogens with one attached hydrogen (secondary N) is 1. The van der Waals surface area contributed by atoms with Crippen molar-refractivity contribution in [3.63, 3.8) is 0 Å². The summed E-state index contributed by atoms with van der Waals surface area (Å²) in [5.41, 5.74) is 0.481. The number of hydrogen-bond acceptors (Lipinski definition) is 5. The van der Waals surface area contributed by atoms with Gasteiger partial charge in [0.2, 0.25) is 17.7 Å². The van der Waals surface area contributed by atoms with Gasteiger partial charge in [0, 0.05) is 28.4 Å². The number of aryl methyl sites for hydroxylation is 1. The summed E-state index contributed by atoms with van der Waals surface area (Å²) in [4.78, 5) is 44.5. The predicted octanol–water partition coefficient (Wildman–Crippen LogP) is 3.23. The Hall–Kier alpha value is -2.97. The normalized spacial score (nSPS) is 30.1. The summed E-state index contributed by atoms with van der Waals surface area (Å²) in [5, 5.41) is 3.29. The number of benzene rings is 2. The van der Waals surface area contributed by atoms with Crippen LogP contribution in [0.1, 0.15) is 24.0 Å². The maximum Gasteiger partial charge on any atom is 0.250 e. The van der Waals surface area contributed by atoms with Crippen molar-refractivity contribution in [2.45, 2.75) is 31.3 Å². The number of nitrogens with zero attached hydrogens (tertiary/aromatic N) is 2. The minimum atomic E-state index is -1.42. The van der Waals surface area contributed by atoms with E-state index in [1.165, 1.54) is 25.3 Å². The van der Waals surface area contributed by atoms with E-state index in [9.17, 15) is 18.8 Å². The van der Waals surface area contributed by atoms with Gasteiger partial charge in [-0.15, -0.1) is 0 Å². The van der Waals surface area contributed by atoms with E-state index in [1.54, 1.807) is 19.1 Å². The SMILES string of the molecule is COc1cc(Cl)c(C)cc1N1C(=O)[C@@H]2[C@H]3CCCN3[C@@]3(C(=O)Nc4ccc(F)cc43)[C@@H]2C1=O. The predicted molar refractivity (Wildman–Crippen MR) is 119 cm³/mol. The van der Waals surface area contributed by atoms with Crippen LogP contribution in [0.15, 0.2) is 30.3 Å². The van der Waals surface area contributed by atoms with Crippen LogP contribution in [-0.2, 0) is 19.9 Å². The highest BCUT2D eigenvalue weighted by atomic mass is 35.5. The first kappa shape index (κ1) is 20.6. The number of methoxy groups -OCH3 is 1. The summed E-state index contributed by atoms with van der Waals surface area (Å²) in [7, 11) is 1.44. The number of amides is 3. The zero-order chi connectivity index (χ0) is 23.2. The lowest BCUT2D eigenvalue weighted by molar-refractivity contribution is -0.135. The fourth-order valence-electron chi connectivity index (χ4n) is 6.40. The molecule has 0 aliphatic carbocycles. The standard InChI is InChI=1S/C24H21ClFN3O4/c1-11-8-17(18(33-2)10-14(11)25)29-21(30)19-16-4-3-7-28(16)24(20(19)22(29)31)13-9-12(26)5-6-15(13)27-23(24)32/h5-6,8-10,16,19-20H,3-4,7H2,1-2H3,(H,27,32)/t16-,19-,20+,24-/m1/s1. The van der Waals surface area contributed by atoms with Crippen molar-refractivity contribution in [1.29, 1.82) is 0 Å². The second-order valence-electron chi connectivity index (χ2n) is 9.10. The highest BCUT2D eigenvalue weighted by Gasteiger charge is 2.74. The number of hydrogen-bond donors (Lipinski definition) is 1. The maximum atomic E-state index is 14.4. The summed E-state index contributed by atoms with van der Waals surface area (Å²) in [6.45, 7) is 2.34. The van der Waals surface area contributed by atoms with Gasteiger partial charge in [0.25, 0.3) is 0 Å². The summed E-state index contributed by atoms with van der Waals surface area (Å²) in [5.74, 6) is -3.09. The molecule has 2 aromatic rings. The molecule has 3 amide bonds. The summed E-state index contributed by atoms with van der Waals surface area (Å²) < 4.78 is 19.8. The van der Waals surface area contributed by atoms with Gasteiger partial charge >= 0.3 is 0 Å². The maximum absolute atomic E-state index is 14.4. The van der Waals surface area contributed by atoms with Gasteiger partial charge in [0.05, 0.1) is 24.6 Å². The van der Waals surface area contributed by atoms with E-state index in [1.807, 2.05) is 4.90 Å². The number of carbonyl (C=O) groups is 3. The van der Waals surface area contributed by atoms with Crippen LogP contribution in [0.4, 0.5) is 15.8 Å². The van der Waals surface area contributed by atoms with E-state index in [-0.39, 0.29) is 17.9 Å². The van der Waals surface area contributed by atoms with Gasteiger partial charge in [0.15, 0.2) is 0 Å². The first-order valence-electron chi connectivity index (χ1n) is 10.9. The summed E-state index contributed by atoms with van der Waals surface area (Å²) in [6.07, 6.45) is 1.48. The molecule has 0 bridgehead atoms. The minimum Gasteiger partial charge on any atom is -0.495 e. The number of imide groups is 1. The molecule has 0 saturated carbocycles. The van der Waals surface area contributed by atoms with Crippen LogP contribution in [-0.4, -0.2) is 42.3 Å². The van der Waals surface area contributed by atoms with E-state index in [2.05, 4.69) is 5.32 Å². The fraction of sp³-hybridized carbons (Fsp3) is 0.375. The van der Waals surface area contributed by atoms with Crippen LogP contribution in [0.2, 0.25) is 5.02 Å². The van der Waals surface area contributed by atoms with Gasteiger partial charge in [0.1, 0.15) is 17.1 Å². The molecular formula is C24H21ClFN3O4. The molecule has 0 unspecified atom stereocenters. The lowest BCUT2D eigenvalue weighted by Gasteiger charge is -2.36. The van der Waals surface area contributed by atoms with E-state index >= 15 is 0 Å². The van der Waals surface area contributed by atoms with Crippen LogP contribution < -0.4 is 15.0 Å². The molecule has 4 aliphatic heterocycles. The Labute approximate surface area is 194 Å². The second-order valence-corrected chi connectivity index (χ2v) is 9.51. The molecule has 1 N–H and O–H groups in total. The molecule has 33 heavy (non-hydrogen) atoms. The van der Waals surface area contributed by atoms with E-state index in [4.69, 9.17) is 16.3 Å². The van der Waals surface area contributed by atoms with Gasteiger partial charge in [-0.1, -0.05) is 11.6 Å². The van der Waals surface area contributed by atoms with Crippen molar-refractivity contribution in [2.75, 3.05) is 23.9 Å². The molecule has 1 spiro atoms. The van der Waals surface area contributed by atoms with Crippen LogP contribution in [0.25, 0.3) is 0 Å². The summed E-state index contributed by atoms with van der Waals surface area (Å²) in [6, 6.07) is 7.06. The Bertz CT molecular complexity index is 1270. The van der Waals surface area contributed by atoms with Gasteiger partial charge in [-0.25, -0.2) is 9.29 Å². The third-order valence-electron chi connectivity index (χ3n) is 7.66. The van der Waals surface area contributed by atoms with Gasteiger partial charge in [-0.2, -0.15) is 0 Å². The van der Waals surface area contributed by atoms with Gasteiger partial charge < -0.3 is 10.1 Å². The largest absolute Gasteiger partial charge is 0.495 e. The Kier molecular flexibility index (Phi) is 4.23. The number of halogens is 2. The highest BCUT2D eigenvalue weighted by Crippen LogP contribution is 2.61. The monoisotopic (exact) mass is 469 g/mol. The number of fused-ring (bicyclic) bond motifs is 7. The Morgan fingerprint density at radius 2 is 1.97 bits per heavy atom. The molecule has 2 aromatic carbocycles. The van der Waals surface area contributed by atoms with Gasteiger partial charge in [-0.05, 0) is 56.1 Å². The first-order valence-corrected chi connectivity index (χ1v) is 11.3. The topological polar surface area (TPSA) is 79.0 Å². The molecule has 170 valence electrons. The van der Waals surface area contributed by atoms with Crippen LogP contribution >= 0.6 is 11.6 Å². The average molecular weight is 470 g/mol. The smallest absolute Gasteiger partial charge is 0.250 e. The molecule has 4 aliphatic rings. The molecule has 7 nitrogen and oxygen atoms in total. The van der Waals surface area contributed by atoms with E-state index < -0.39 is 29.1 Å². The minimum absolute atomic E-state index is 0.282. The molecule has 4 heterocycles. The van der Waals surface area contributed by atoms with E-state index in [0.717, 1.165) is 11.3 Å². The molecular weight excluding hydrogens is 449 g/mol. The third-order valence-corrected chi connectivity index (χ3v) is 8.06. The number of ether oxygens (including phenoxy) is 1. The number of carbonyl (C=O) groups excluding carboxylic acids is 3. The molecule has 9 heteroatoms.